The monoisotopic (exact) mass is 1370 g/mol. The summed E-state index contributed by atoms with van der Waals surface area (Å²) in [6.07, 6.45) is -15.8. The molecule has 5 saturated heterocycles. The second kappa shape index (κ2) is 30.1. The van der Waals surface area contributed by atoms with Gasteiger partial charge in [-0.2, -0.15) is 0 Å². The lowest BCUT2D eigenvalue weighted by atomic mass is 9.42. The number of aliphatic hydroxyl groups is 7. The van der Waals surface area contributed by atoms with Crippen LogP contribution in [0.3, 0.4) is 0 Å². The Morgan fingerprint density at radius 3 is 1.66 bits per heavy atom. The van der Waals surface area contributed by atoms with E-state index in [-0.39, 0.29) is 50.2 Å². The van der Waals surface area contributed by atoms with Gasteiger partial charge in [0.1, 0.15) is 83.9 Å². The number of rotatable bonds is 21. The van der Waals surface area contributed by atoms with Gasteiger partial charge < -0.3 is 116 Å². The third-order valence-corrected chi connectivity index (χ3v) is 23.1. The van der Waals surface area contributed by atoms with Gasteiger partial charge in [0.2, 0.25) is 0 Å². The molecular weight excluding hydrogens is 1270 g/mol. The fourth-order valence-electron chi connectivity index (χ4n) is 17.5. The van der Waals surface area contributed by atoms with Crippen LogP contribution < -0.4 is 0 Å². The molecule has 26 nitrogen and oxygen atoms in total. The molecule has 0 spiro atoms. The Bertz CT molecular complexity index is 3020. The third kappa shape index (κ3) is 14.0. The molecule has 26 heteroatoms. The van der Waals surface area contributed by atoms with Crippen molar-refractivity contribution < 1.29 is 126 Å². The summed E-state index contributed by atoms with van der Waals surface area (Å²) in [5.41, 5.74) is -6.09. The summed E-state index contributed by atoms with van der Waals surface area (Å²) in [5, 5.41) is 82.9. The van der Waals surface area contributed by atoms with E-state index in [0.29, 0.717) is 25.7 Å². The van der Waals surface area contributed by atoms with Gasteiger partial charge in [0, 0.05) is 66.8 Å². The molecule has 31 atom stereocenters. The van der Waals surface area contributed by atoms with Crippen molar-refractivity contribution in [3.63, 3.8) is 0 Å². The van der Waals surface area contributed by atoms with Crippen molar-refractivity contribution in [2.75, 3.05) is 35.5 Å². The van der Waals surface area contributed by atoms with Gasteiger partial charge in [-0.3, -0.25) is 0 Å². The van der Waals surface area contributed by atoms with Gasteiger partial charge in [-0.05, 0) is 109 Å². The Kier molecular flexibility index (Phi) is 23.0. The van der Waals surface area contributed by atoms with Crippen LogP contribution >= 0.6 is 0 Å². The predicted octanol–water partition coefficient (Wildman–Crippen LogP) is 4.30. The minimum absolute atomic E-state index is 0.0491. The summed E-state index contributed by atoms with van der Waals surface area (Å²) in [6.45, 7) is 12.6. The van der Waals surface area contributed by atoms with Crippen LogP contribution in [-0.4, -0.2) is 254 Å². The van der Waals surface area contributed by atoms with E-state index in [2.05, 4.69) is 6.92 Å². The quantitative estimate of drug-likeness (QED) is 0.0520. The molecule has 0 aromatic heterocycles. The lowest BCUT2D eigenvalue weighted by Gasteiger charge is -2.67. The molecule has 4 unspecified atom stereocenters. The summed E-state index contributed by atoms with van der Waals surface area (Å²) in [6, 6.07) is 17.8. The zero-order valence-corrected chi connectivity index (χ0v) is 57.5. The van der Waals surface area contributed by atoms with Gasteiger partial charge in [-0.15, -0.1) is 0 Å². The third-order valence-electron chi connectivity index (χ3n) is 23.1. The zero-order valence-electron chi connectivity index (χ0n) is 57.5. The molecule has 3 saturated carbocycles. The Hall–Kier alpha value is -4.02. The highest BCUT2D eigenvalue weighted by molar-refractivity contribution is 5.89. The van der Waals surface area contributed by atoms with E-state index in [1.165, 1.54) is 27.4 Å². The topological polar surface area (TPSA) is 333 Å². The van der Waals surface area contributed by atoms with Crippen LogP contribution in [0.15, 0.2) is 78.4 Å². The average Bonchev–Trinajstić information content (AvgIpc) is 1.35. The van der Waals surface area contributed by atoms with Crippen molar-refractivity contribution in [2.45, 2.75) is 283 Å². The van der Waals surface area contributed by atoms with Crippen molar-refractivity contribution >= 4 is 18.0 Å². The Balaban J connectivity index is 0.695. The molecule has 0 radical (unpaired) electrons. The summed E-state index contributed by atoms with van der Waals surface area (Å²) in [4.78, 5) is 27.6. The predicted molar refractivity (Wildman–Crippen MR) is 340 cm³/mol. The number of methoxy groups -OCH3 is 5. The highest BCUT2D eigenvalue weighted by atomic mass is 16.8. The molecule has 4 aliphatic carbocycles. The van der Waals surface area contributed by atoms with Crippen molar-refractivity contribution in [1.82, 2.24) is 0 Å². The van der Waals surface area contributed by atoms with Gasteiger partial charge in [0.25, 0.3) is 0 Å². The molecule has 8 fully saturated rings. The van der Waals surface area contributed by atoms with E-state index in [4.69, 9.17) is 80.5 Å². The molecule has 97 heavy (non-hydrogen) atoms. The van der Waals surface area contributed by atoms with Gasteiger partial charge in [0.15, 0.2) is 37.7 Å². The van der Waals surface area contributed by atoms with Crippen molar-refractivity contribution in [3.05, 3.63) is 89.5 Å². The van der Waals surface area contributed by atoms with Crippen LogP contribution in [0.2, 0.25) is 0 Å². The summed E-state index contributed by atoms with van der Waals surface area (Å²) in [7, 11) is 7.40. The van der Waals surface area contributed by atoms with Crippen LogP contribution in [0.4, 0.5) is 0 Å². The lowest BCUT2D eigenvalue weighted by Crippen LogP contribution is -2.78. The Morgan fingerprint density at radius 1 is 0.567 bits per heavy atom. The molecule has 2 aromatic carbocycles. The molecule has 7 N–H and O–H groups in total. The molecule has 5 aliphatic heterocycles. The molecular formula is C71H102O26. The number of carbonyl (C=O) groups is 2. The number of benzene rings is 2. The van der Waals surface area contributed by atoms with Crippen LogP contribution in [0.5, 0.6) is 0 Å². The van der Waals surface area contributed by atoms with Crippen molar-refractivity contribution in [1.29, 1.82) is 0 Å². The fourth-order valence-corrected chi connectivity index (χ4v) is 17.5. The maximum Gasteiger partial charge on any atom is 0.338 e. The van der Waals surface area contributed by atoms with Crippen LogP contribution in [0.25, 0.3) is 6.08 Å². The fraction of sp³-hybridized carbons (Fsp3) is 0.746. The molecule has 9 aliphatic rings. The van der Waals surface area contributed by atoms with E-state index < -0.39 is 193 Å². The zero-order chi connectivity index (χ0) is 69.7. The molecule has 0 bridgehead atoms. The highest BCUT2D eigenvalue weighted by Gasteiger charge is 2.82. The van der Waals surface area contributed by atoms with Crippen LogP contribution in [0, 0.1) is 16.7 Å². The van der Waals surface area contributed by atoms with Crippen molar-refractivity contribution in [3.8, 4) is 0 Å². The van der Waals surface area contributed by atoms with Crippen LogP contribution in [0.1, 0.15) is 129 Å². The van der Waals surface area contributed by atoms with E-state index in [0.717, 1.165) is 11.1 Å². The second-order valence-electron chi connectivity index (χ2n) is 28.4. The first-order chi connectivity index (χ1) is 46.2. The Morgan fingerprint density at radius 2 is 1.09 bits per heavy atom. The van der Waals surface area contributed by atoms with Gasteiger partial charge in [0.05, 0.1) is 59.8 Å². The number of carbonyl (C=O) groups excluding carboxylic acids is 2. The minimum atomic E-state index is -2.02. The summed E-state index contributed by atoms with van der Waals surface area (Å²) >= 11 is 0. The smallest absolute Gasteiger partial charge is 0.338 e. The van der Waals surface area contributed by atoms with E-state index in [1.807, 2.05) is 50.3 Å². The normalized spacial score (nSPS) is 46.5. The first kappa shape index (κ1) is 74.2. The Labute approximate surface area is 566 Å². The van der Waals surface area contributed by atoms with E-state index in [1.54, 1.807) is 78.3 Å². The number of ether oxygens (including phenoxy) is 17. The molecule has 5 heterocycles. The van der Waals surface area contributed by atoms with E-state index in [9.17, 15) is 45.3 Å². The molecule has 2 aromatic rings. The van der Waals surface area contributed by atoms with Gasteiger partial charge >= 0.3 is 11.9 Å². The highest BCUT2D eigenvalue weighted by Crippen LogP contribution is 2.71. The summed E-state index contributed by atoms with van der Waals surface area (Å²) < 4.78 is 105. The minimum Gasteiger partial charge on any atom is -0.458 e. The number of hydrogen-bond acceptors (Lipinski definition) is 26. The van der Waals surface area contributed by atoms with E-state index >= 15 is 0 Å². The number of fused-ring (bicyclic) bond motifs is 5. The first-order valence-electron chi connectivity index (χ1n) is 34.2. The standard InChI is InChI=1S/C71H102O26/c1-36-58(93-52-33-46(82-9)59(37(2)87-52)94-53-34-47(83-10)60(38(3)88-53)95-66-57(76)62(84-11)61(39(4)89-66)96-65-56(75)54(73)55(74)64(85-12)97-65)45(81-8)32-51(86-36)91-44-26-27-67(6)43(31-44)25-28-70(79)48(67)35-49(92-63(77)42-21-17-14-18-22-42)68(7)69(78,29-30-71(68,70)80)40(5)90-50(72)24-23-41-19-15-13-16-20-41/h13-25,36-40,44-49,51-62,64-66,73-76,78-80H,26-35H2,1-12H3/b24-23+/t36-,37-,38-,39-,40?,44+,45+,46-,47-,48?,49?,51+,52+,53+,54+,55+,56-,57-,58-,59-,60?,61-,62+,64+,65-,66+,67+,68-,69+,70+,71-/m1/s1. The maximum absolute atomic E-state index is 14.2. The SMILES string of the molecule is CO[C@H]1O[C@@H](O[C@H]2[C@@H](OC)[C@@H](O)[C@H](OC3[C@@H](C)O[C@@H](O[C@@H]4[C@@H](C)O[C@@H](O[C@H]5[C@@H](OC)C[C@H](O[C@H]6CC[C@@]7(C)C(=CC[C@]8(O)C7CC(OC(=O)c7ccccc7)[C@@]7(C)[C@]8(O)CC[C@]7(O)C(C)OC(=O)/C=C/c7ccccc7)C6)O[C@@H]5C)C[C@H]4OC)C[C@H]3OC)O[C@@H]2C)[C@H](O)[C@@H](O)[C@@H]1O. The van der Waals surface area contributed by atoms with Crippen LogP contribution in [-0.2, 0) is 85.3 Å². The number of hydrogen-bond donors (Lipinski definition) is 7. The van der Waals surface area contributed by atoms with Crippen molar-refractivity contribution in [2.24, 2.45) is 16.7 Å². The summed E-state index contributed by atoms with van der Waals surface area (Å²) in [5.74, 6) is -1.98. The maximum atomic E-state index is 14.2. The first-order valence-corrected chi connectivity index (χ1v) is 34.2. The number of esters is 2. The second-order valence-corrected chi connectivity index (χ2v) is 28.4. The largest absolute Gasteiger partial charge is 0.458 e. The lowest BCUT2D eigenvalue weighted by molar-refractivity contribution is -0.387. The molecule has 0 amide bonds. The molecule has 11 rings (SSSR count). The number of aliphatic hydroxyl groups excluding tert-OH is 4. The van der Waals surface area contributed by atoms with Gasteiger partial charge in [-0.25, -0.2) is 9.59 Å². The molecule has 542 valence electrons. The average molecular weight is 1370 g/mol. The van der Waals surface area contributed by atoms with Gasteiger partial charge in [-0.1, -0.05) is 74.0 Å².